The molecule has 2 nitrogen and oxygen atoms in total. The smallest absolute Gasteiger partial charge is 0.137 e. The Morgan fingerprint density at radius 3 is 1.66 bits per heavy atom. The van der Waals surface area contributed by atoms with E-state index in [9.17, 15) is 0 Å². The van der Waals surface area contributed by atoms with E-state index in [4.69, 9.17) is 4.42 Å². The first kappa shape index (κ1) is 29.5. The van der Waals surface area contributed by atoms with Crippen molar-refractivity contribution in [2.45, 2.75) is 0 Å². The van der Waals surface area contributed by atoms with Crippen LogP contribution in [-0.4, -0.2) is 0 Å². The molecule has 0 spiro atoms. The Bertz CT molecular complexity index is 2590. The second-order valence-corrected chi connectivity index (χ2v) is 12.5. The Balaban J connectivity index is 1.28. The van der Waals surface area contributed by atoms with E-state index in [1.165, 1.54) is 33.4 Å². The number of nitrogens with zero attached hydrogens (tertiary/aromatic N) is 1. The van der Waals surface area contributed by atoms with Gasteiger partial charge < -0.3 is 9.32 Å². The zero-order chi connectivity index (χ0) is 33.3. The first-order valence-corrected chi connectivity index (χ1v) is 17.0. The van der Waals surface area contributed by atoms with E-state index in [-0.39, 0.29) is 0 Å². The van der Waals surface area contributed by atoms with E-state index in [1.54, 1.807) is 0 Å². The number of benzene rings is 8. The van der Waals surface area contributed by atoms with Crippen molar-refractivity contribution in [3.8, 4) is 44.5 Å². The SMILES string of the molecule is c1ccc(-c2ccc(-c3ccccc3N(c3ccccc3)c3ccc4c(c3)oc3ccccc34)c(-c3ccccc3-c3ccccc3)c2)cc1. The maximum absolute atomic E-state index is 6.39. The third kappa shape index (κ3) is 5.34. The molecule has 9 rings (SSSR count). The fourth-order valence-corrected chi connectivity index (χ4v) is 7.15. The minimum atomic E-state index is 0.867. The van der Waals surface area contributed by atoms with Gasteiger partial charge in [-0.3, -0.25) is 0 Å². The molecule has 0 N–H and O–H groups in total. The molecule has 0 amide bonds. The second kappa shape index (κ2) is 12.8. The molecule has 236 valence electrons. The Morgan fingerprint density at radius 1 is 0.300 bits per heavy atom. The molecule has 2 heteroatoms. The zero-order valence-electron chi connectivity index (χ0n) is 27.4. The lowest BCUT2D eigenvalue weighted by molar-refractivity contribution is 0.669. The highest BCUT2D eigenvalue weighted by Gasteiger charge is 2.21. The van der Waals surface area contributed by atoms with Crippen LogP contribution in [0.1, 0.15) is 0 Å². The van der Waals surface area contributed by atoms with Crippen LogP contribution >= 0.6 is 0 Å². The Hall–Kier alpha value is -6.64. The van der Waals surface area contributed by atoms with Crippen molar-refractivity contribution < 1.29 is 4.42 Å². The molecule has 8 aromatic carbocycles. The third-order valence-corrected chi connectivity index (χ3v) is 9.50. The summed E-state index contributed by atoms with van der Waals surface area (Å²) in [6, 6.07) is 71.1. The summed E-state index contributed by atoms with van der Waals surface area (Å²) in [7, 11) is 0. The second-order valence-electron chi connectivity index (χ2n) is 12.5. The fourth-order valence-electron chi connectivity index (χ4n) is 7.15. The third-order valence-electron chi connectivity index (χ3n) is 9.50. The van der Waals surface area contributed by atoms with Crippen molar-refractivity contribution in [3.05, 3.63) is 200 Å². The summed E-state index contributed by atoms with van der Waals surface area (Å²) in [5.41, 5.74) is 14.4. The van der Waals surface area contributed by atoms with Crippen LogP contribution in [-0.2, 0) is 0 Å². The van der Waals surface area contributed by atoms with Gasteiger partial charge in [0.15, 0.2) is 0 Å². The molecule has 0 saturated carbocycles. The van der Waals surface area contributed by atoms with Gasteiger partial charge in [0.05, 0.1) is 5.69 Å². The van der Waals surface area contributed by atoms with Crippen LogP contribution in [0.4, 0.5) is 17.1 Å². The summed E-state index contributed by atoms with van der Waals surface area (Å²) in [6.45, 7) is 0. The Morgan fingerprint density at radius 2 is 0.880 bits per heavy atom. The van der Waals surface area contributed by atoms with Crippen molar-refractivity contribution in [1.29, 1.82) is 0 Å². The minimum absolute atomic E-state index is 0.867. The molecule has 0 aliphatic rings. The lowest BCUT2D eigenvalue weighted by atomic mass is 9.86. The van der Waals surface area contributed by atoms with Gasteiger partial charge in [-0.2, -0.15) is 0 Å². The van der Waals surface area contributed by atoms with Gasteiger partial charge in [-0.25, -0.2) is 0 Å². The summed E-state index contributed by atoms with van der Waals surface area (Å²) in [5, 5.41) is 2.24. The van der Waals surface area contributed by atoms with E-state index in [2.05, 4.69) is 193 Å². The molecular formula is C48H33NO. The lowest BCUT2D eigenvalue weighted by Crippen LogP contribution is -2.11. The van der Waals surface area contributed by atoms with Crippen LogP contribution in [0, 0.1) is 0 Å². The summed E-state index contributed by atoms with van der Waals surface area (Å²) in [6.07, 6.45) is 0. The molecule has 0 aliphatic heterocycles. The number of furan rings is 1. The van der Waals surface area contributed by atoms with Crippen molar-refractivity contribution >= 4 is 39.0 Å². The number of fused-ring (bicyclic) bond motifs is 3. The highest BCUT2D eigenvalue weighted by molar-refractivity contribution is 6.06. The van der Waals surface area contributed by atoms with Gasteiger partial charge in [-0.1, -0.05) is 152 Å². The van der Waals surface area contributed by atoms with Crippen molar-refractivity contribution in [2.24, 2.45) is 0 Å². The predicted octanol–water partition coefficient (Wildman–Crippen LogP) is 13.7. The highest BCUT2D eigenvalue weighted by Crippen LogP contribution is 2.46. The molecule has 0 bridgehead atoms. The summed E-state index contributed by atoms with van der Waals surface area (Å²) in [4.78, 5) is 2.35. The van der Waals surface area contributed by atoms with Crippen LogP contribution in [0.25, 0.3) is 66.4 Å². The average molecular weight is 640 g/mol. The molecular weight excluding hydrogens is 607 g/mol. The number of anilines is 3. The van der Waals surface area contributed by atoms with Gasteiger partial charge in [0.2, 0.25) is 0 Å². The van der Waals surface area contributed by atoms with Gasteiger partial charge in [-0.15, -0.1) is 0 Å². The van der Waals surface area contributed by atoms with Crippen LogP contribution in [0.2, 0.25) is 0 Å². The molecule has 0 fully saturated rings. The van der Waals surface area contributed by atoms with Crippen molar-refractivity contribution in [2.75, 3.05) is 4.90 Å². The predicted molar refractivity (Wildman–Crippen MR) is 210 cm³/mol. The van der Waals surface area contributed by atoms with Gasteiger partial charge in [0.25, 0.3) is 0 Å². The molecule has 0 saturated heterocycles. The van der Waals surface area contributed by atoms with Crippen molar-refractivity contribution in [1.82, 2.24) is 0 Å². The number of hydrogen-bond donors (Lipinski definition) is 0. The topological polar surface area (TPSA) is 16.4 Å². The first-order valence-electron chi connectivity index (χ1n) is 17.0. The normalized spacial score (nSPS) is 11.2. The summed E-state index contributed by atoms with van der Waals surface area (Å²) in [5.74, 6) is 0. The molecule has 0 radical (unpaired) electrons. The molecule has 1 aromatic heterocycles. The molecule has 0 atom stereocenters. The number of hydrogen-bond acceptors (Lipinski definition) is 2. The summed E-state index contributed by atoms with van der Waals surface area (Å²) >= 11 is 0. The van der Waals surface area contributed by atoms with E-state index in [0.717, 1.165) is 50.1 Å². The minimum Gasteiger partial charge on any atom is -0.456 e. The first-order chi connectivity index (χ1) is 24.8. The highest BCUT2D eigenvalue weighted by atomic mass is 16.3. The van der Waals surface area contributed by atoms with E-state index >= 15 is 0 Å². The van der Waals surface area contributed by atoms with Crippen LogP contribution in [0.3, 0.4) is 0 Å². The van der Waals surface area contributed by atoms with E-state index in [1.807, 2.05) is 12.1 Å². The molecule has 0 aliphatic carbocycles. The largest absolute Gasteiger partial charge is 0.456 e. The standard InChI is InChI=1S/C48H33NO/c1-4-16-34(17-5-1)36-28-30-41(45(32-36)40-23-11-10-22-39(40)35-18-6-2-7-19-35)42-24-12-14-26-46(42)49(37-20-8-3-9-21-37)38-29-31-44-43-25-13-15-27-47(43)50-48(44)33-38/h1-33H. The number of rotatable bonds is 7. The zero-order valence-corrected chi connectivity index (χ0v) is 27.4. The molecule has 0 unspecified atom stereocenters. The average Bonchev–Trinajstić information content (AvgIpc) is 3.57. The monoisotopic (exact) mass is 639 g/mol. The molecule has 9 aromatic rings. The number of para-hydroxylation sites is 3. The lowest BCUT2D eigenvalue weighted by Gasteiger charge is -2.28. The van der Waals surface area contributed by atoms with Crippen molar-refractivity contribution in [3.63, 3.8) is 0 Å². The van der Waals surface area contributed by atoms with Crippen LogP contribution < -0.4 is 4.90 Å². The Kier molecular flexibility index (Phi) is 7.53. The van der Waals surface area contributed by atoms with Gasteiger partial charge in [0.1, 0.15) is 11.2 Å². The molecule has 50 heavy (non-hydrogen) atoms. The Labute approximate surface area is 292 Å². The van der Waals surface area contributed by atoms with Gasteiger partial charge in [-0.05, 0) is 81.4 Å². The van der Waals surface area contributed by atoms with Crippen LogP contribution in [0.15, 0.2) is 205 Å². The fraction of sp³-hybridized carbons (Fsp3) is 0. The van der Waals surface area contributed by atoms with Crippen LogP contribution in [0.5, 0.6) is 0 Å². The summed E-state index contributed by atoms with van der Waals surface area (Å²) < 4.78 is 6.39. The maximum atomic E-state index is 6.39. The van der Waals surface area contributed by atoms with E-state index in [0.29, 0.717) is 0 Å². The molecule has 1 heterocycles. The maximum Gasteiger partial charge on any atom is 0.137 e. The van der Waals surface area contributed by atoms with Gasteiger partial charge >= 0.3 is 0 Å². The quantitative estimate of drug-likeness (QED) is 0.173. The van der Waals surface area contributed by atoms with E-state index < -0.39 is 0 Å². The van der Waals surface area contributed by atoms with Gasteiger partial charge in [0, 0.05) is 33.8 Å².